The van der Waals surface area contributed by atoms with Crippen molar-refractivity contribution in [2.45, 2.75) is 20.8 Å². The molecule has 0 fully saturated rings. The highest BCUT2D eigenvalue weighted by Gasteiger charge is 2.00. The molecule has 2 N–H and O–H groups in total. The Hall–Kier alpha value is -2.32. The van der Waals surface area contributed by atoms with Crippen molar-refractivity contribution in [1.29, 1.82) is 0 Å². The maximum absolute atomic E-state index is 5.45. The summed E-state index contributed by atoms with van der Waals surface area (Å²) in [5, 5.41) is 0. The van der Waals surface area contributed by atoms with Gasteiger partial charge in [-0.3, -0.25) is 0 Å². The van der Waals surface area contributed by atoms with E-state index >= 15 is 0 Å². The van der Waals surface area contributed by atoms with Crippen LogP contribution in [0, 0.1) is 0 Å². The molecule has 0 saturated carbocycles. The van der Waals surface area contributed by atoms with Gasteiger partial charge in [0.1, 0.15) is 11.5 Å². The van der Waals surface area contributed by atoms with Gasteiger partial charge in [0.15, 0.2) is 0 Å². The van der Waals surface area contributed by atoms with E-state index in [1.54, 1.807) is 18.2 Å². The Morgan fingerprint density at radius 2 is 1.77 bits per heavy atom. The highest BCUT2D eigenvalue weighted by atomic mass is 16.5. The van der Waals surface area contributed by atoms with E-state index in [9.17, 15) is 0 Å². The van der Waals surface area contributed by atoms with Gasteiger partial charge in [-0.2, -0.15) is 0 Å². The minimum atomic E-state index is 0.536. The number of allylic oxidation sites excluding steroid dienone is 2. The molecule has 1 rings (SSSR count). The van der Waals surface area contributed by atoms with Crippen LogP contribution in [0.5, 0.6) is 5.75 Å². The first kappa shape index (κ1) is 22.0. The van der Waals surface area contributed by atoms with E-state index in [1.807, 2.05) is 51.1 Å². The van der Waals surface area contributed by atoms with Crippen molar-refractivity contribution in [3.05, 3.63) is 79.6 Å². The fourth-order valence-electron chi connectivity index (χ4n) is 1.32. The first-order valence-corrected chi connectivity index (χ1v) is 7.32. The van der Waals surface area contributed by atoms with Crippen LogP contribution < -0.4 is 10.5 Å². The quantitative estimate of drug-likeness (QED) is 0.421. The van der Waals surface area contributed by atoms with Crippen LogP contribution in [0.1, 0.15) is 31.9 Å². The molecule has 120 valence electrons. The molecule has 22 heavy (non-hydrogen) atoms. The van der Waals surface area contributed by atoms with Crippen LogP contribution in [-0.2, 0) is 0 Å². The predicted octanol–water partition coefficient (Wildman–Crippen LogP) is 5.60. The van der Waals surface area contributed by atoms with Gasteiger partial charge in [0, 0.05) is 6.54 Å². The lowest BCUT2D eigenvalue weighted by atomic mass is 10.1. The zero-order valence-electron chi connectivity index (χ0n) is 14.1. The first-order valence-electron chi connectivity index (χ1n) is 7.32. The Morgan fingerprint density at radius 3 is 2.18 bits per heavy atom. The van der Waals surface area contributed by atoms with Crippen molar-refractivity contribution in [3.8, 4) is 5.75 Å². The number of ether oxygens (including phenoxy) is 1. The topological polar surface area (TPSA) is 35.2 Å². The van der Waals surface area contributed by atoms with Gasteiger partial charge in [-0.25, -0.2) is 0 Å². The molecule has 0 unspecified atom stereocenters. The Kier molecular flexibility index (Phi) is 15.1. The second-order valence-corrected chi connectivity index (χ2v) is 3.79. The Labute approximate surface area is 136 Å². The van der Waals surface area contributed by atoms with Crippen LogP contribution >= 0.6 is 0 Å². The molecule has 0 aromatic heterocycles. The van der Waals surface area contributed by atoms with Crippen molar-refractivity contribution in [1.82, 2.24) is 0 Å². The third kappa shape index (κ3) is 9.56. The summed E-state index contributed by atoms with van der Waals surface area (Å²) in [6, 6.07) is 5.82. The molecule has 0 heterocycles. The molecule has 0 aliphatic rings. The van der Waals surface area contributed by atoms with Crippen LogP contribution in [0.25, 0.3) is 12.2 Å². The van der Waals surface area contributed by atoms with Gasteiger partial charge in [-0.1, -0.05) is 64.0 Å². The lowest BCUT2D eigenvalue weighted by Gasteiger charge is -2.07. The van der Waals surface area contributed by atoms with E-state index in [0.29, 0.717) is 12.3 Å². The molecule has 0 saturated heterocycles. The highest BCUT2D eigenvalue weighted by Crippen LogP contribution is 2.21. The Morgan fingerprint density at radius 1 is 1.18 bits per heavy atom. The molecule has 0 amide bonds. The SMILES string of the molecule is C=CC(=C)Oc1ccc(/C=C\C)c(C=C)c1.C=CCN.CC. The third-order valence-electron chi connectivity index (χ3n) is 2.27. The van der Waals surface area contributed by atoms with Crippen LogP contribution in [0.4, 0.5) is 0 Å². The van der Waals surface area contributed by atoms with E-state index in [-0.39, 0.29) is 0 Å². The maximum atomic E-state index is 5.45. The second-order valence-electron chi connectivity index (χ2n) is 3.79. The molecule has 0 spiro atoms. The molecule has 0 bridgehead atoms. The smallest absolute Gasteiger partial charge is 0.128 e. The Balaban J connectivity index is 0. The van der Waals surface area contributed by atoms with Gasteiger partial charge in [0.05, 0.1) is 0 Å². The summed E-state index contributed by atoms with van der Waals surface area (Å²) in [6.07, 6.45) is 9.06. The van der Waals surface area contributed by atoms with Crippen molar-refractivity contribution >= 4 is 12.2 Å². The fourth-order valence-corrected chi connectivity index (χ4v) is 1.32. The summed E-state index contributed by atoms with van der Waals surface area (Å²) >= 11 is 0. The van der Waals surface area contributed by atoms with Gasteiger partial charge < -0.3 is 10.5 Å². The van der Waals surface area contributed by atoms with Crippen LogP contribution in [0.3, 0.4) is 0 Å². The fraction of sp³-hybridized carbons (Fsp3) is 0.200. The molecular formula is C20H29NO. The number of hydrogen-bond acceptors (Lipinski definition) is 2. The summed E-state index contributed by atoms with van der Waals surface area (Å²) in [4.78, 5) is 0. The van der Waals surface area contributed by atoms with Gasteiger partial charge in [0.2, 0.25) is 0 Å². The largest absolute Gasteiger partial charge is 0.458 e. The lowest BCUT2D eigenvalue weighted by Crippen LogP contribution is -1.91. The van der Waals surface area contributed by atoms with E-state index in [0.717, 1.165) is 16.9 Å². The van der Waals surface area contributed by atoms with Gasteiger partial charge in [-0.05, 0) is 36.3 Å². The predicted molar refractivity (Wildman–Crippen MR) is 102 cm³/mol. The summed E-state index contributed by atoms with van der Waals surface area (Å²) in [6.45, 7) is 21.0. The van der Waals surface area contributed by atoms with Crippen molar-refractivity contribution in [2.75, 3.05) is 6.54 Å². The van der Waals surface area contributed by atoms with Gasteiger partial charge >= 0.3 is 0 Å². The molecule has 0 aliphatic heterocycles. The van der Waals surface area contributed by atoms with Crippen molar-refractivity contribution in [3.63, 3.8) is 0 Å². The molecule has 1 aromatic carbocycles. The first-order chi connectivity index (χ1) is 10.6. The zero-order chi connectivity index (χ0) is 17.4. The number of rotatable bonds is 6. The summed E-state index contributed by atoms with van der Waals surface area (Å²) in [5.41, 5.74) is 7.06. The average Bonchev–Trinajstić information content (AvgIpc) is 2.58. The van der Waals surface area contributed by atoms with Crippen LogP contribution in [-0.4, -0.2) is 6.54 Å². The van der Waals surface area contributed by atoms with Crippen LogP contribution in [0.15, 0.2) is 68.5 Å². The summed E-state index contributed by atoms with van der Waals surface area (Å²) in [5.74, 6) is 1.28. The van der Waals surface area contributed by atoms with E-state index in [4.69, 9.17) is 10.5 Å². The molecule has 1 aromatic rings. The standard InChI is InChI=1S/C15H16O.C3H7N.C2H6/c1-5-8-14-9-10-15(11-13(14)7-3)16-12(4)6-2;1-2-3-4;1-2/h5-11H,2-4H2,1H3;2H,1,3-4H2;1-2H3/b8-5-;;. The van der Waals surface area contributed by atoms with Crippen molar-refractivity contribution in [2.24, 2.45) is 5.73 Å². The number of benzene rings is 1. The minimum absolute atomic E-state index is 0.536. The maximum Gasteiger partial charge on any atom is 0.128 e. The van der Waals surface area contributed by atoms with Gasteiger partial charge in [-0.15, -0.1) is 6.58 Å². The third-order valence-corrected chi connectivity index (χ3v) is 2.27. The summed E-state index contributed by atoms with van der Waals surface area (Å²) < 4.78 is 5.45. The highest BCUT2D eigenvalue weighted by molar-refractivity contribution is 5.65. The minimum Gasteiger partial charge on any atom is -0.458 e. The van der Waals surface area contributed by atoms with Crippen LogP contribution in [0.2, 0.25) is 0 Å². The van der Waals surface area contributed by atoms with Gasteiger partial charge in [0.25, 0.3) is 0 Å². The van der Waals surface area contributed by atoms with E-state index < -0.39 is 0 Å². The molecule has 2 nitrogen and oxygen atoms in total. The Bertz CT molecular complexity index is 498. The molecule has 2 heteroatoms. The number of hydrogen-bond donors (Lipinski definition) is 1. The molecule has 0 radical (unpaired) electrons. The number of nitrogens with two attached hydrogens (primary N) is 1. The van der Waals surface area contributed by atoms with E-state index in [2.05, 4.69) is 26.3 Å². The summed E-state index contributed by atoms with van der Waals surface area (Å²) in [7, 11) is 0. The average molecular weight is 299 g/mol. The second kappa shape index (κ2) is 15.1. The lowest BCUT2D eigenvalue weighted by molar-refractivity contribution is 0.447. The normalized spacial score (nSPS) is 8.73. The molecule has 0 aliphatic carbocycles. The van der Waals surface area contributed by atoms with Crippen molar-refractivity contribution < 1.29 is 4.74 Å². The zero-order valence-corrected chi connectivity index (χ0v) is 14.1. The monoisotopic (exact) mass is 299 g/mol. The van der Waals surface area contributed by atoms with E-state index in [1.165, 1.54) is 0 Å². The molecular weight excluding hydrogens is 270 g/mol. The molecule has 0 atom stereocenters.